The van der Waals surface area contributed by atoms with Crippen LogP contribution >= 0.6 is 0 Å². The summed E-state index contributed by atoms with van der Waals surface area (Å²) in [6.45, 7) is 3.03. The Kier molecular flexibility index (Phi) is 6.77. The average Bonchev–Trinajstić information content (AvgIpc) is 2.92. The number of carbonyl (C=O) groups excluding carboxylic acids is 3. The van der Waals surface area contributed by atoms with Gasteiger partial charge in [-0.3, -0.25) is 14.5 Å². The summed E-state index contributed by atoms with van der Waals surface area (Å²) in [5.41, 5.74) is 2.57. The first-order valence-corrected chi connectivity index (χ1v) is 12.1. The quantitative estimate of drug-likeness (QED) is 0.490. The third kappa shape index (κ3) is 4.60. The lowest BCUT2D eigenvalue weighted by atomic mass is 9.99. The lowest BCUT2D eigenvalue weighted by Gasteiger charge is -2.41. The standard InChI is InChI=1S/C25H28N5O6/c31-17-26-11-13-28(14-12-26)24(32)18-5-6-22(23(15-18)30(34)35)27-9-7-20(8-10-27)29-21-4-2-1-3-19(21)16-36-25(29)33/h1-6,15,17,20,30H,7-14,16H2/q-1. The van der Waals surface area contributed by atoms with Gasteiger partial charge in [-0.05, 0) is 31.0 Å². The molecule has 2 aromatic rings. The van der Waals surface area contributed by atoms with Crippen molar-refractivity contribution in [3.05, 3.63) is 64.0 Å². The number of nitrogens with zero attached hydrogens (tertiary/aromatic N) is 4. The van der Waals surface area contributed by atoms with Gasteiger partial charge in [0.25, 0.3) is 5.91 Å². The zero-order valence-corrected chi connectivity index (χ0v) is 19.8. The van der Waals surface area contributed by atoms with Crippen LogP contribution in [0.25, 0.3) is 0 Å². The van der Waals surface area contributed by atoms with Crippen LogP contribution in [0.4, 0.5) is 21.9 Å². The van der Waals surface area contributed by atoms with Gasteiger partial charge in [-0.25, -0.2) is 4.79 Å². The summed E-state index contributed by atoms with van der Waals surface area (Å²) in [7, 11) is 0. The van der Waals surface area contributed by atoms with Gasteiger partial charge in [0.2, 0.25) is 6.41 Å². The van der Waals surface area contributed by atoms with Crippen molar-refractivity contribution in [3.8, 4) is 0 Å². The normalized spacial score (nSPS) is 18.8. The number of piperazine rings is 1. The number of ether oxygens (including phenoxy) is 1. The van der Waals surface area contributed by atoms with Gasteiger partial charge in [0.05, 0.1) is 11.4 Å². The Morgan fingerprint density at radius 3 is 2.39 bits per heavy atom. The average molecular weight is 495 g/mol. The van der Waals surface area contributed by atoms with Gasteiger partial charge >= 0.3 is 6.09 Å². The molecule has 2 saturated heterocycles. The van der Waals surface area contributed by atoms with E-state index in [4.69, 9.17) is 4.74 Å². The third-order valence-corrected chi connectivity index (χ3v) is 7.18. The van der Waals surface area contributed by atoms with Crippen molar-refractivity contribution in [3.63, 3.8) is 0 Å². The summed E-state index contributed by atoms with van der Waals surface area (Å²) < 4.78 is 5.36. The minimum Gasteiger partial charge on any atom is -0.628 e. The fourth-order valence-electron chi connectivity index (χ4n) is 5.21. The lowest BCUT2D eigenvalue weighted by molar-refractivity contribution is -0.714. The Bertz CT molecular complexity index is 1140. The molecule has 0 bridgehead atoms. The number of hydrogen-bond acceptors (Lipinski definition) is 7. The lowest BCUT2D eigenvalue weighted by Crippen LogP contribution is -2.96. The van der Waals surface area contributed by atoms with E-state index in [0.717, 1.165) is 17.7 Å². The Morgan fingerprint density at radius 1 is 0.972 bits per heavy atom. The van der Waals surface area contributed by atoms with Crippen molar-refractivity contribution in [2.45, 2.75) is 25.5 Å². The predicted octanol–water partition coefficient (Wildman–Crippen LogP) is 1.24. The van der Waals surface area contributed by atoms with Gasteiger partial charge in [-0.2, -0.15) is 0 Å². The van der Waals surface area contributed by atoms with E-state index >= 15 is 0 Å². The summed E-state index contributed by atoms with van der Waals surface area (Å²) in [5.74, 6) is -0.268. The van der Waals surface area contributed by atoms with Crippen molar-refractivity contribution < 1.29 is 24.3 Å². The Labute approximate surface area is 208 Å². The topological polar surface area (TPSA) is 124 Å². The number of anilines is 2. The molecule has 1 N–H and O–H groups in total. The smallest absolute Gasteiger partial charge is 0.414 e. The molecule has 190 valence electrons. The number of carbonyl (C=O) groups is 3. The van der Waals surface area contributed by atoms with Crippen LogP contribution in [0.15, 0.2) is 42.5 Å². The van der Waals surface area contributed by atoms with E-state index in [-0.39, 0.29) is 35.9 Å². The van der Waals surface area contributed by atoms with E-state index in [2.05, 4.69) is 0 Å². The summed E-state index contributed by atoms with van der Waals surface area (Å²) in [6.07, 6.45) is 1.68. The maximum absolute atomic E-state index is 12.9. The van der Waals surface area contributed by atoms with E-state index in [1.165, 1.54) is 6.07 Å². The van der Waals surface area contributed by atoms with Crippen molar-refractivity contribution in [2.75, 3.05) is 49.1 Å². The first-order valence-electron chi connectivity index (χ1n) is 12.1. The summed E-state index contributed by atoms with van der Waals surface area (Å²) in [6, 6.07) is 12.3. The molecule has 0 spiro atoms. The van der Waals surface area contributed by atoms with Crippen LogP contribution in [-0.2, 0) is 16.1 Å². The summed E-state index contributed by atoms with van der Waals surface area (Å²) in [5, 5.41) is 22.7. The molecule has 0 atom stereocenters. The highest BCUT2D eigenvalue weighted by molar-refractivity contribution is 5.96. The minimum absolute atomic E-state index is 0.0337. The second-order valence-corrected chi connectivity index (χ2v) is 9.22. The van der Waals surface area contributed by atoms with Gasteiger partial charge < -0.3 is 35.1 Å². The second-order valence-electron chi connectivity index (χ2n) is 9.22. The highest BCUT2D eigenvalue weighted by Crippen LogP contribution is 2.34. The number of nitrogens with one attached hydrogen (secondary N) is 1. The van der Waals surface area contributed by atoms with Crippen LogP contribution in [0.1, 0.15) is 28.8 Å². The molecule has 0 saturated carbocycles. The SMILES string of the molecule is O=CN1CCN(C(=O)c2ccc(N3CCC(N4C(=O)OCc5ccccc54)CC3)c([NH+]([O-])[O-])c2)CC1. The molecule has 3 amide bonds. The molecule has 0 unspecified atom stereocenters. The fourth-order valence-corrected chi connectivity index (χ4v) is 5.21. The minimum atomic E-state index is -1.35. The largest absolute Gasteiger partial charge is 0.628 e. The molecule has 2 fully saturated rings. The highest BCUT2D eigenvalue weighted by Gasteiger charge is 2.35. The summed E-state index contributed by atoms with van der Waals surface area (Å²) in [4.78, 5) is 43.3. The number of piperidine rings is 1. The van der Waals surface area contributed by atoms with Crippen molar-refractivity contribution in [1.82, 2.24) is 9.80 Å². The monoisotopic (exact) mass is 494 g/mol. The van der Waals surface area contributed by atoms with Crippen LogP contribution in [0.3, 0.4) is 0 Å². The number of benzene rings is 2. The molecule has 11 nitrogen and oxygen atoms in total. The Balaban J connectivity index is 1.29. The number of rotatable bonds is 5. The first-order chi connectivity index (χ1) is 17.5. The fraction of sp³-hybridized carbons (Fsp3) is 0.400. The van der Waals surface area contributed by atoms with Gasteiger partial charge in [-0.15, -0.1) is 0 Å². The third-order valence-electron chi connectivity index (χ3n) is 7.18. The van der Waals surface area contributed by atoms with E-state index in [0.29, 0.717) is 57.8 Å². The molecule has 0 aromatic heterocycles. The van der Waals surface area contributed by atoms with Crippen LogP contribution in [0.2, 0.25) is 0 Å². The maximum Gasteiger partial charge on any atom is 0.414 e. The van der Waals surface area contributed by atoms with Gasteiger partial charge in [0.1, 0.15) is 6.61 Å². The van der Waals surface area contributed by atoms with Crippen LogP contribution in [0.5, 0.6) is 0 Å². The molecule has 36 heavy (non-hydrogen) atoms. The van der Waals surface area contributed by atoms with Gasteiger partial charge in [0.15, 0.2) is 5.69 Å². The summed E-state index contributed by atoms with van der Waals surface area (Å²) >= 11 is 0. The zero-order chi connectivity index (χ0) is 25.2. The number of quaternary nitrogens is 1. The highest BCUT2D eigenvalue weighted by atomic mass is 16.8. The molecule has 3 aliphatic rings. The maximum atomic E-state index is 12.9. The molecular weight excluding hydrogens is 466 g/mol. The number of para-hydroxylation sites is 1. The van der Waals surface area contributed by atoms with Crippen LogP contribution < -0.4 is 15.0 Å². The Morgan fingerprint density at radius 2 is 1.69 bits per heavy atom. The number of hydrogen-bond donors (Lipinski definition) is 1. The molecule has 11 heteroatoms. The zero-order valence-electron chi connectivity index (χ0n) is 19.8. The molecule has 3 aliphatic heterocycles. The molecule has 5 rings (SSSR count). The molecule has 3 heterocycles. The first kappa shape index (κ1) is 24.0. The van der Waals surface area contributed by atoms with E-state index in [9.17, 15) is 24.8 Å². The number of amides is 3. The van der Waals surface area contributed by atoms with E-state index < -0.39 is 5.23 Å². The van der Waals surface area contributed by atoms with E-state index in [1.807, 2.05) is 29.2 Å². The van der Waals surface area contributed by atoms with Crippen LogP contribution in [0, 0.1) is 10.4 Å². The van der Waals surface area contributed by atoms with Crippen molar-refractivity contribution in [1.29, 1.82) is 0 Å². The Hall–Kier alpha value is -3.67. The van der Waals surface area contributed by atoms with Gasteiger partial charge in [-0.1, -0.05) is 18.2 Å². The second kappa shape index (κ2) is 10.1. The predicted molar refractivity (Wildman–Crippen MR) is 132 cm³/mol. The van der Waals surface area contributed by atoms with Crippen molar-refractivity contribution in [2.24, 2.45) is 0 Å². The number of fused-ring (bicyclic) bond motifs is 1. The molecule has 0 aliphatic carbocycles. The molecular formula is C25H28N5O6-. The number of cyclic esters (lactones) is 1. The molecule has 0 radical (unpaired) electrons. The van der Waals surface area contributed by atoms with E-state index in [1.54, 1.807) is 26.8 Å². The van der Waals surface area contributed by atoms with Crippen LogP contribution in [-0.4, -0.2) is 73.5 Å². The molecule has 2 aromatic carbocycles. The van der Waals surface area contributed by atoms with Crippen molar-refractivity contribution >= 4 is 35.5 Å². The van der Waals surface area contributed by atoms with Gasteiger partial charge in [0, 0.05) is 62.5 Å².